The van der Waals surface area contributed by atoms with Gasteiger partial charge in [0, 0.05) is 31.3 Å². The van der Waals surface area contributed by atoms with Crippen LogP contribution in [0.2, 0.25) is 5.15 Å². The molecule has 2 aromatic heterocycles. The molecule has 0 aliphatic rings. The summed E-state index contributed by atoms with van der Waals surface area (Å²) in [6, 6.07) is 14.0. The lowest BCUT2D eigenvalue weighted by atomic mass is 10.0. The fourth-order valence-electron chi connectivity index (χ4n) is 2.83. The average molecular weight is 424 g/mol. The number of pyridine rings is 1. The lowest BCUT2D eigenvalue weighted by Crippen LogP contribution is -2.24. The number of rotatable bonds is 5. The normalized spacial score (nSPS) is 11.3. The Morgan fingerprint density at radius 2 is 1.87 bits per heavy atom. The summed E-state index contributed by atoms with van der Waals surface area (Å²) in [5.74, 6) is -0.515. The monoisotopic (exact) mass is 423 g/mol. The van der Waals surface area contributed by atoms with Crippen LogP contribution >= 0.6 is 11.6 Å². The zero-order valence-electron chi connectivity index (χ0n) is 17.2. The number of hydrogen-bond donors (Lipinski definition) is 0. The van der Waals surface area contributed by atoms with Gasteiger partial charge >= 0.3 is 0 Å². The van der Waals surface area contributed by atoms with Crippen molar-refractivity contribution in [2.45, 2.75) is 19.9 Å². The molecule has 1 aromatic carbocycles. The van der Waals surface area contributed by atoms with Crippen molar-refractivity contribution in [3.8, 4) is 22.5 Å². The average Bonchev–Trinajstić information content (AvgIpc) is 2.72. The number of hydrogen-bond acceptors (Lipinski definition) is 4. The predicted molar refractivity (Wildman–Crippen MR) is 119 cm³/mol. The van der Waals surface area contributed by atoms with Crippen molar-refractivity contribution in [2.75, 3.05) is 14.1 Å². The minimum Gasteiger partial charge on any atom is -0.369 e. The Morgan fingerprint density at radius 3 is 2.50 bits per heavy atom. The van der Waals surface area contributed by atoms with Gasteiger partial charge in [0.25, 0.3) is 11.5 Å². The molecule has 0 bridgehead atoms. The minimum atomic E-state index is -0.515. The van der Waals surface area contributed by atoms with Gasteiger partial charge in [-0.1, -0.05) is 41.9 Å². The molecule has 0 saturated heterocycles. The van der Waals surface area contributed by atoms with E-state index < -0.39 is 5.91 Å². The van der Waals surface area contributed by atoms with Crippen LogP contribution < -0.4 is 5.56 Å². The lowest BCUT2D eigenvalue weighted by Gasteiger charge is -2.14. The Bertz CT molecular complexity index is 1150. The fraction of sp³-hybridized carbons (Fsp3) is 0.227. The predicted octanol–water partition coefficient (Wildman–Crippen LogP) is 3.94. The van der Waals surface area contributed by atoms with Crippen LogP contribution in [0.3, 0.4) is 0 Å². The standard InChI is InChI=1S/C22H22ClN5O2/c1-14(2)28-19(29)11-10-18(26-28)16-12-17(22(30)24-13-27(3)4)21(23)25-20(16)15-8-6-5-7-9-15/h5-14H,1-4H3/b24-13+. The van der Waals surface area contributed by atoms with Gasteiger partial charge in [-0.3, -0.25) is 9.59 Å². The number of aromatic nitrogens is 3. The Kier molecular flexibility index (Phi) is 6.42. The van der Waals surface area contributed by atoms with E-state index in [1.807, 2.05) is 44.2 Å². The van der Waals surface area contributed by atoms with E-state index in [4.69, 9.17) is 11.6 Å². The molecular weight excluding hydrogens is 402 g/mol. The van der Waals surface area contributed by atoms with Crippen LogP contribution in [-0.4, -0.2) is 46.0 Å². The molecule has 8 heteroatoms. The van der Waals surface area contributed by atoms with Crippen LogP contribution in [0.4, 0.5) is 0 Å². The zero-order valence-corrected chi connectivity index (χ0v) is 18.0. The van der Waals surface area contributed by atoms with Gasteiger partial charge in [0.05, 0.1) is 29.3 Å². The molecule has 30 heavy (non-hydrogen) atoms. The summed E-state index contributed by atoms with van der Waals surface area (Å²) in [5, 5.41) is 4.55. The molecule has 7 nitrogen and oxygen atoms in total. The Morgan fingerprint density at radius 1 is 1.17 bits per heavy atom. The summed E-state index contributed by atoms with van der Waals surface area (Å²) < 4.78 is 1.39. The van der Waals surface area contributed by atoms with Crippen molar-refractivity contribution in [3.05, 3.63) is 69.6 Å². The molecule has 3 aromatic rings. The van der Waals surface area contributed by atoms with E-state index in [9.17, 15) is 9.59 Å². The highest BCUT2D eigenvalue weighted by Gasteiger charge is 2.19. The molecule has 0 saturated carbocycles. The van der Waals surface area contributed by atoms with Gasteiger partial charge in [-0.25, -0.2) is 9.67 Å². The first kappa shape index (κ1) is 21.4. The molecule has 0 fully saturated rings. The second kappa shape index (κ2) is 9.00. The number of amides is 1. The number of halogens is 1. The first-order valence-electron chi connectivity index (χ1n) is 9.39. The van der Waals surface area contributed by atoms with Gasteiger partial charge in [-0.2, -0.15) is 10.1 Å². The topological polar surface area (TPSA) is 80.5 Å². The van der Waals surface area contributed by atoms with Crippen LogP contribution in [0.25, 0.3) is 22.5 Å². The van der Waals surface area contributed by atoms with Gasteiger partial charge in [0.15, 0.2) is 0 Å². The molecule has 0 aliphatic heterocycles. The molecule has 0 atom stereocenters. The number of aliphatic imine (C=N–C) groups is 1. The Hall–Kier alpha value is -3.32. The van der Waals surface area contributed by atoms with E-state index in [-0.39, 0.29) is 22.3 Å². The highest BCUT2D eigenvalue weighted by atomic mass is 35.5. The third kappa shape index (κ3) is 4.63. The van der Waals surface area contributed by atoms with Crippen LogP contribution in [0, 0.1) is 0 Å². The van der Waals surface area contributed by atoms with Crippen molar-refractivity contribution in [1.29, 1.82) is 0 Å². The Balaban J connectivity index is 2.25. The minimum absolute atomic E-state index is 0.0516. The summed E-state index contributed by atoms with van der Waals surface area (Å²) >= 11 is 6.36. The van der Waals surface area contributed by atoms with Gasteiger partial charge < -0.3 is 4.90 Å². The molecule has 154 valence electrons. The highest BCUT2D eigenvalue weighted by Crippen LogP contribution is 2.33. The molecule has 0 unspecified atom stereocenters. The highest BCUT2D eigenvalue weighted by molar-refractivity contribution is 6.33. The second-order valence-electron chi connectivity index (χ2n) is 7.20. The van der Waals surface area contributed by atoms with Crippen LogP contribution in [0.5, 0.6) is 0 Å². The molecular formula is C22H22ClN5O2. The van der Waals surface area contributed by atoms with Crippen molar-refractivity contribution in [1.82, 2.24) is 19.7 Å². The zero-order chi connectivity index (χ0) is 21.8. The first-order valence-corrected chi connectivity index (χ1v) is 9.77. The van der Waals surface area contributed by atoms with E-state index in [1.165, 1.54) is 17.1 Å². The molecule has 3 rings (SSSR count). The third-order valence-corrected chi connectivity index (χ3v) is 4.54. The Labute approximate surface area is 179 Å². The maximum Gasteiger partial charge on any atom is 0.281 e. The van der Waals surface area contributed by atoms with Crippen molar-refractivity contribution < 1.29 is 4.79 Å². The number of carbonyl (C=O) groups excluding carboxylic acids is 1. The van der Waals surface area contributed by atoms with Gasteiger partial charge in [0.2, 0.25) is 0 Å². The molecule has 1 amide bonds. The third-order valence-electron chi connectivity index (χ3n) is 4.25. The van der Waals surface area contributed by atoms with Crippen LogP contribution in [-0.2, 0) is 0 Å². The quantitative estimate of drug-likeness (QED) is 0.353. The lowest BCUT2D eigenvalue weighted by molar-refractivity contribution is 0.100. The number of carbonyl (C=O) groups is 1. The summed E-state index contributed by atoms with van der Waals surface area (Å²) in [6.45, 7) is 3.75. The molecule has 0 N–H and O–H groups in total. The summed E-state index contributed by atoms with van der Waals surface area (Å²) in [4.78, 5) is 34.8. The van der Waals surface area contributed by atoms with E-state index in [0.717, 1.165) is 5.56 Å². The molecule has 0 radical (unpaired) electrons. The second-order valence-corrected chi connectivity index (χ2v) is 7.56. The largest absolute Gasteiger partial charge is 0.369 e. The van der Waals surface area contributed by atoms with Gasteiger partial charge in [-0.15, -0.1) is 0 Å². The molecule has 2 heterocycles. The summed E-state index contributed by atoms with van der Waals surface area (Å²) in [7, 11) is 3.53. The van der Waals surface area contributed by atoms with E-state index >= 15 is 0 Å². The SMILES string of the molecule is CC(C)n1nc(-c2cc(C(=O)/N=C/N(C)C)c(Cl)nc2-c2ccccc2)ccc1=O. The number of nitrogens with zero attached hydrogens (tertiary/aromatic N) is 5. The van der Waals surface area contributed by atoms with Gasteiger partial charge in [-0.05, 0) is 26.0 Å². The smallest absolute Gasteiger partial charge is 0.281 e. The van der Waals surface area contributed by atoms with E-state index in [2.05, 4.69) is 15.1 Å². The van der Waals surface area contributed by atoms with E-state index in [1.54, 1.807) is 31.1 Å². The van der Waals surface area contributed by atoms with Crippen LogP contribution in [0.1, 0.15) is 30.2 Å². The molecule has 0 spiro atoms. The molecule has 0 aliphatic carbocycles. The summed E-state index contributed by atoms with van der Waals surface area (Å²) in [5.41, 5.74) is 2.43. The van der Waals surface area contributed by atoms with Crippen LogP contribution in [0.15, 0.2) is 58.3 Å². The van der Waals surface area contributed by atoms with Crippen molar-refractivity contribution in [2.24, 2.45) is 4.99 Å². The maximum atomic E-state index is 12.6. The van der Waals surface area contributed by atoms with Gasteiger partial charge in [0.1, 0.15) is 5.15 Å². The maximum absolute atomic E-state index is 12.6. The van der Waals surface area contributed by atoms with Crippen molar-refractivity contribution >= 4 is 23.8 Å². The van der Waals surface area contributed by atoms with E-state index in [0.29, 0.717) is 17.0 Å². The number of benzene rings is 1. The summed E-state index contributed by atoms with van der Waals surface area (Å²) in [6.07, 6.45) is 1.40. The van der Waals surface area contributed by atoms with Crippen molar-refractivity contribution in [3.63, 3.8) is 0 Å². The first-order chi connectivity index (χ1) is 14.3. The fourth-order valence-corrected chi connectivity index (χ4v) is 3.05.